The van der Waals surface area contributed by atoms with Gasteiger partial charge in [0.05, 0.1) is 0 Å². The van der Waals surface area contributed by atoms with Gasteiger partial charge >= 0.3 is 0 Å². The van der Waals surface area contributed by atoms with E-state index >= 15 is 0 Å². The van der Waals surface area contributed by atoms with Gasteiger partial charge in [0.2, 0.25) is 0 Å². The Morgan fingerprint density at radius 1 is 1.40 bits per heavy atom. The summed E-state index contributed by atoms with van der Waals surface area (Å²) in [5, 5.41) is 6.44. The van der Waals surface area contributed by atoms with Gasteiger partial charge in [0.15, 0.2) is 0 Å². The fraction of sp³-hybridized carbons (Fsp3) is 0.588. The molecule has 0 saturated carbocycles. The molecular weight excluding hydrogens is 248 g/mol. The highest BCUT2D eigenvalue weighted by molar-refractivity contribution is 5.95. The molecule has 2 rings (SSSR count). The molecule has 1 aromatic carbocycles. The summed E-state index contributed by atoms with van der Waals surface area (Å²) in [6, 6.07) is 5.96. The molecule has 0 saturated heterocycles. The van der Waals surface area contributed by atoms with Crippen molar-refractivity contribution in [1.82, 2.24) is 5.32 Å². The molecule has 2 N–H and O–H groups in total. The second-order valence-electron chi connectivity index (χ2n) is 6.73. The standard InChI is InChI=1S/C17H26N2O/c1-12(2)17(3,4)11-19-16(20)14-7-8-15-13(10-14)6-5-9-18-15/h7-8,10,12,18H,5-6,9,11H2,1-4H3,(H,19,20). The van der Waals surface area contributed by atoms with Gasteiger partial charge in [0.1, 0.15) is 0 Å². The Hall–Kier alpha value is -1.51. The van der Waals surface area contributed by atoms with E-state index in [0.29, 0.717) is 12.5 Å². The van der Waals surface area contributed by atoms with Crippen LogP contribution in [0.1, 0.15) is 50.0 Å². The first-order chi connectivity index (χ1) is 9.40. The minimum absolute atomic E-state index is 0.0344. The number of amides is 1. The van der Waals surface area contributed by atoms with Gasteiger partial charge in [-0.05, 0) is 47.9 Å². The van der Waals surface area contributed by atoms with Crippen LogP contribution in [0.4, 0.5) is 5.69 Å². The van der Waals surface area contributed by atoms with Crippen LogP contribution in [0, 0.1) is 11.3 Å². The van der Waals surface area contributed by atoms with Gasteiger partial charge in [0.25, 0.3) is 5.91 Å². The van der Waals surface area contributed by atoms with Crippen molar-refractivity contribution in [2.75, 3.05) is 18.4 Å². The summed E-state index contributed by atoms with van der Waals surface area (Å²) in [7, 11) is 0. The zero-order valence-corrected chi connectivity index (χ0v) is 13.0. The van der Waals surface area contributed by atoms with Crippen LogP contribution in [0.2, 0.25) is 0 Å². The molecule has 20 heavy (non-hydrogen) atoms. The van der Waals surface area contributed by atoms with E-state index in [-0.39, 0.29) is 11.3 Å². The fourth-order valence-corrected chi connectivity index (χ4v) is 2.23. The number of nitrogens with one attached hydrogen (secondary N) is 2. The van der Waals surface area contributed by atoms with Crippen LogP contribution in [-0.2, 0) is 6.42 Å². The fourth-order valence-electron chi connectivity index (χ4n) is 2.23. The third-order valence-electron chi connectivity index (χ3n) is 4.57. The molecule has 0 spiro atoms. The molecule has 1 heterocycles. The first kappa shape index (κ1) is 14.9. The third kappa shape index (κ3) is 3.33. The Kier molecular flexibility index (Phi) is 4.36. The molecule has 0 radical (unpaired) electrons. The van der Waals surface area contributed by atoms with E-state index in [9.17, 15) is 4.79 Å². The maximum atomic E-state index is 12.3. The Morgan fingerprint density at radius 3 is 2.85 bits per heavy atom. The maximum Gasteiger partial charge on any atom is 0.251 e. The Labute approximate surface area is 122 Å². The van der Waals surface area contributed by atoms with Crippen LogP contribution in [0.15, 0.2) is 18.2 Å². The number of rotatable bonds is 4. The lowest BCUT2D eigenvalue weighted by Gasteiger charge is -2.29. The van der Waals surface area contributed by atoms with Crippen molar-refractivity contribution in [1.29, 1.82) is 0 Å². The Morgan fingerprint density at radius 2 is 2.15 bits per heavy atom. The van der Waals surface area contributed by atoms with Crippen LogP contribution in [0.3, 0.4) is 0 Å². The number of carbonyl (C=O) groups is 1. The molecule has 0 aliphatic carbocycles. The van der Waals surface area contributed by atoms with Crippen molar-refractivity contribution in [3.8, 4) is 0 Å². The average Bonchev–Trinajstić information content (AvgIpc) is 2.44. The van der Waals surface area contributed by atoms with Crippen LogP contribution in [0.25, 0.3) is 0 Å². The molecule has 1 amide bonds. The van der Waals surface area contributed by atoms with Gasteiger partial charge in [0, 0.05) is 24.3 Å². The SMILES string of the molecule is CC(C)C(C)(C)CNC(=O)c1ccc2c(c1)CCCN2. The zero-order chi connectivity index (χ0) is 14.8. The summed E-state index contributed by atoms with van der Waals surface area (Å²) in [5.74, 6) is 0.572. The smallest absolute Gasteiger partial charge is 0.251 e. The molecule has 1 aromatic rings. The number of hydrogen-bond donors (Lipinski definition) is 2. The summed E-state index contributed by atoms with van der Waals surface area (Å²) < 4.78 is 0. The molecule has 3 heteroatoms. The van der Waals surface area contributed by atoms with Gasteiger partial charge in [-0.15, -0.1) is 0 Å². The largest absolute Gasteiger partial charge is 0.385 e. The van der Waals surface area contributed by atoms with Crippen molar-refractivity contribution in [2.45, 2.75) is 40.5 Å². The number of aryl methyl sites for hydroxylation is 1. The number of anilines is 1. The maximum absolute atomic E-state index is 12.3. The molecular formula is C17H26N2O. The van der Waals surface area contributed by atoms with Crippen molar-refractivity contribution in [3.05, 3.63) is 29.3 Å². The quantitative estimate of drug-likeness (QED) is 0.883. The van der Waals surface area contributed by atoms with E-state index in [1.165, 1.54) is 11.3 Å². The van der Waals surface area contributed by atoms with E-state index in [1.54, 1.807) is 0 Å². The van der Waals surface area contributed by atoms with Gasteiger partial charge in [-0.2, -0.15) is 0 Å². The van der Waals surface area contributed by atoms with E-state index in [1.807, 2.05) is 18.2 Å². The van der Waals surface area contributed by atoms with Crippen molar-refractivity contribution in [3.63, 3.8) is 0 Å². The Balaban J connectivity index is 2.03. The molecule has 0 atom stereocenters. The molecule has 3 nitrogen and oxygen atoms in total. The van der Waals surface area contributed by atoms with Crippen LogP contribution < -0.4 is 10.6 Å². The van der Waals surface area contributed by atoms with Crippen LogP contribution in [-0.4, -0.2) is 19.0 Å². The summed E-state index contributed by atoms with van der Waals surface area (Å²) in [5.41, 5.74) is 3.32. The van der Waals surface area contributed by atoms with E-state index in [4.69, 9.17) is 0 Å². The highest BCUT2D eigenvalue weighted by Crippen LogP contribution is 2.25. The number of benzene rings is 1. The van der Waals surface area contributed by atoms with Gasteiger partial charge in [-0.3, -0.25) is 4.79 Å². The lowest BCUT2D eigenvalue weighted by Crippen LogP contribution is -2.37. The predicted octanol–water partition coefficient (Wildman–Crippen LogP) is 3.46. The molecule has 1 aliphatic heterocycles. The first-order valence-corrected chi connectivity index (χ1v) is 7.55. The van der Waals surface area contributed by atoms with Crippen molar-refractivity contribution >= 4 is 11.6 Å². The molecule has 0 bridgehead atoms. The summed E-state index contributed by atoms with van der Waals surface area (Å²) in [6.45, 7) is 10.5. The summed E-state index contributed by atoms with van der Waals surface area (Å²) >= 11 is 0. The van der Waals surface area contributed by atoms with Crippen LogP contribution in [0.5, 0.6) is 0 Å². The number of carbonyl (C=O) groups excluding carboxylic acids is 1. The van der Waals surface area contributed by atoms with Gasteiger partial charge in [-0.25, -0.2) is 0 Å². The molecule has 0 unspecified atom stereocenters. The predicted molar refractivity (Wildman–Crippen MR) is 84.2 cm³/mol. The van der Waals surface area contributed by atoms with E-state index in [2.05, 4.69) is 38.3 Å². The average molecular weight is 274 g/mol. The number of fused-ring (bicyclic) bond motifs is 1. The molecule has 110 valence electrons. The minimum atomic E-state index is 0.0344. The summed E-state index contributed by atoms with van der Waals surface area (Å²) in [6.07, 6.45) is 2.19. The second-order valence-corrected chi connectivity index (χ2v) is 6.73. The molecule has 1 aliphatic rings. The first-order valence-electron chi connectivity index (χ1n) is 7.55. The van der Waals surface area contributed by atoms with Gasteiger partial charge in [-0.1, -0.05) is 27.7 Å². The molecule has 0 aromatic heterocycles. The summed E-state index contributed by atoms with van der Waals surface area (Å²) in [4.78, 5) is 12.3. The topological polar surface area (TPSA) is 41.1 Å². The van der Waals surface area contributed by atoms with Crippen LogP contribution >= 0.6 is 0 Å². The molecule has 0 fully saturated rings. The van der Waals surface area contributed by atoms with E-state index < -0.39 is 0 Å². The zero-order valence-electron chi connectivity index (χ0n) is 13.0. The minimum Gasteiger partial charge on any atom is -0.385 e. The number of hydrogen-bond acceptors (Lipinski definition) is 2. The Bertz CT molecular complexity index is 492. The van der Waals surface area contributed by atoms with Crippen molar-refractivity contribution < 1.29 is 4.79 Å². The lowest BCUT2D eigenvalue weighted by molar-refractivity contribution is 0.0924. The lowest BCUT2D eigenvalue weighted by atomic mass is 9.81. The monoisotopic (exact) mass is 274 g/mol. The highest BCUT2D eigenvalue weighted by atomic mass is 16.1. The van der Waals surface area contributed by atoms with Crippen molar-refractivity contribution in [2.24, 2.45) is 11.3 Å². The second kappa shape index (κ2) is 5.86. The third-order valence-corrected chi connectivity index (χ3v) is 4.57. The normalized spacial score (nSPS) is 14.7. The van der Waals surface area contributed by atoms with E-state index in [0.717, 1.165) is 24.9 Å². The van der Waals surface area contributed by atoms with Gasteiger partial charge < -0.3 is 10.6 Å². The highest BCUT2D eigenvalue weighted by Gasteiger charge is 2.23.